The Labute approximate surface area is 127 Å². The van der Waals surface area contributed by atoms with Crippen LogP contribution in [0.25, 0.3) is 0 Å². The summed E-state index contributed by atoms with van der Waals surface area (Å²) >= 11 is 1.61. The molecule has 1 heterocycles. The van der Waals surface area contributed by atoms with Gasteiger partial charge >= 0.3 is 0 Å². The number of hydrogen-bond donors (Lipinski definition) is 1. The lowest BCUT2D eigenvalue weighted by molar-refractivity contribution is 0.0787. The van der Waals surface area contributed by atoms with Crippen molar-refractivity contribution in [3.05, 3.63) is 40.1 Å². The fourth-order valence-electron chi connectivity index (χ4n) is 1.98. The Balaban J connectivity index is 2.29. The number of anilines is 1. The number of benzene rings is 1. The summed E-state index contributed by atoms with van der Waals surface area (Å²) in [6.45, 7) is 0.537. The highest BCUT2D eigenvalue weighted by Crippen LogP contribution is 2.32. The lowest BCUT2D eigenvalue weighted by Gasteiger charge is -2.19. The lowest BCUT2D eigenvalue weighted by Crippen LogP contribution is -2.26. The van der Waals surface area contributed by atoms with Crippen molar-refractivity contribution in [3.8, 4) is 11.5 Å². The van der Waals surface area contributed by atoms with Gasteiger partial charge in [-0.25, -0.2) is 0 Å². The van der Waals surface area contributed by atoms with Crippen LogP contribution in [0.1, 0.15) is 15.2 Å². The molecule has 1 aromatic carbocycles. The number of nitrogens with zero attached hydrogens (tertiary/aromatic N) is 1. The highest BCUT2D eigenvalue weighted by atomic mass is 32.1. The largest absolute Gasteiger partial charge is 0.497 e. The molecule has 0 aliphatic heterocycles. The second-order valence-corrected chi connectivity index (χ2v) is 5.56. The van der Waals surface area contributed by atoms with Crippen molar-refractivity contribution < 1.29 is 14.3 Å². The molecule has 5 nitrogen and oxygen atoms in total. The van der Waals surface area contributed by atoms with Crippen LogP contribution in [0.3, 0.4) is 0 Å². The molecule has 0 saturated heterocycles. The highest BCUT2D eigenvalue weighted by molar-refractivity contribution is 7.09. The number of thiophene rings is 1. The number of hydrogen-bond acceptors (Lipinski definition) is 5. The second-order valence-electron chi connectivity index (χ2n) is 4.53. The maximum atomic E-state index is 12.6. The molecule has 0 unspecified atom stereocenters. The van der Waals surface area contributed by atoms with Crippen LogP contribution in [-0.2, 0) is 6.54 Å². The molecule has 0 aliphatic carbocycles. The quantitative estimate of drug-likeness (QED) is 0.862. The third kappa shape index (κ3) is 3.28. The van der Waals surface area contributed by atoms with Gasteiger partial charge in [0.2, 0.25) is 0 Å². The minimum atomic E-state index is -0.168. The van der Waals surface area contributed by atoms with Crippen LogP contribution < -0.4 is 15.2 Å². The second kappa shape index (κ2) is 6.49. The summed E-state index contributed by atoms with van der Waals surface area (Å²) in [7, 11) is 4.79. The summed E-state index contributed by atoms with van der Waals surface area (Å²) in [5, 5.41) is 1.98. The van der Waals surface area contributed by atoms with E-state index in [1.165, 1.54) is 14.2 Å². The Morgan fingerprint density at radius 1 is 1.33 bits per heavy atom. The van der Waals surface area contributed by atoms with Gasteiger partial charge in [0.05, 0.1) is 32.0 Å². The van der Waals surface area contributed by atoms with Gasteiger partial charge in [0.1, 0.15) is 11.5 Å². The summed E-state index contributed by atoms with van der Waals surface area (Å²) in [5.74, 6) is 0.800. The van der Waals surface area contributed by atoms with Gasteiger partial charge in [-0.2, -0.15) is 0 Å². The molecule has 1 amide bonds. The first-order chi connectivity index (χ1) is 10.1. The van der Waals surface area contributed by atoms with E-state index in [1.54, 1.807) is 35.4 Å². The number of methoxy groups -OCH3 is 2. The fraction of sp³-hybridized carbons (Fsp3) is 0.267. The molecule has 0 radical (unpaired) electrons. The average molecular weight is 306 g/mol. The van der Waals surface area contributed by atoms with Crippen LogP contribution in [0.15, 0.2) is 29.6 Å². The fourth-order valence-corrected chi connectivity index (χ4v) is 2.74. The van der Waals surface area contributed by atoms with Gasteiger partial charge in [0.25, 0.3) is 5.91 Å². The van der Waals surface area contributed by atoms with Gasteiger partial charge in [0.15, 0.2) is 0 Å². The van der Waals surface area contributed by atoms with Gasteiger partial charge in [-0.15, -0.1) is 11.3 Å². The monoisotopic (exact) mass is 306 g/mol. The first-order valence-corrected chi connectivity index (χ1v) is 7.24. The van der Waals surface area contributed by atoms with E-state index < -0.39 is 0 Å². The summed E-state index contributed by atoms with van der Waals surface area (Å²) in [5.41, 5.74) is 6.70. The Hall–Kier alpha value is -2.21. The molecule has 0 aliphatic rings. The van der Waals surface area contributed by atoms with E-state index in [9.17, 15) is 4.79 Å². The molecule has 0 spiro atoms. The molecule has 2 N–H and O–H groups in total. The molecule has 0 fully saturated rings. The van der Waals surface area contributed by atoms with Crippen LogP contribution in [0.5, 0.6) is 11.5 Å². The number of carbonyl (C=O) groups excluding carboxylic acids is 1. The normalized spacial score (nSPS) is 10.2. The number of carbonyl (C=O) groups is 1. The first-order valence-electron chi connectivity index (χ1n) is 6.36. The van der Waals surface area contributed by atoms with Crippen molar-refractivity contribution >= 4 is 22.9 Å². The van der Waals surface area contributed by atoms with Gasteiger partial charge in [0, 0.05) is 18.0 Å². The third-order valence-corrected chi connectivity index (χ3v) is 3.98. The highest BCUT2D eigenvalue weighted by Gasteiger charge is 2.19. The van der Waals surface area contributed by atoms with Crippen LogP contribution >= 0.6 is 11.3 Å². The topological polar surface area (TPSA) is 64.8 Å². The zero-order chi connectivity index (χ0) is 15.4. The summed E-state index contributed by atoms with van der Waals surface area (Å²) in [6.07, 6.45) is 0. The van der Waals surface area contributed by atoms with Crippen LogP contribution in [0, 0.1) is 0 Å². The molecule has 0 bridgehead atoms. The predicted molar refractivity (Wildman–Crippen MR) is 84.1 cm³/mol. The smallest absolute Gasteiger partial charge is 0.256 e. The Morgan fingerprint density at radius 3 is 2.67 bits per heavy atom. The van der Waals surface area contributed by atoms with E-state index in [2.05, 4.69) is 0 Å². The van der Waals surface area contributed by atoms with Crippen molar-refractivity contribution in [2.24, 2.45) is 0 Å². The van der Waals surface area contributed by atoms with E-state index >= 15 is 0 Å². The van der Waals surface area contributed by atoms with E-state index in [0.717, 1.165) is 4.88 Å². The van der Waals surface area contributed by atoms with Crippen LogP contribution in [-0.4, -0.2) is 32.1 Å². The Bertz CT molecular complexity index is 626. The first kappa shape index (κ1) is 15.2. The van der Waals surface area contributed by atoms with Gasteiger partial charge < -0.3 is 20.1 Å². The van der Waals surface area contributed by atoms with Crippen LogP contribution in [0.2, 0.25) is 0 Å². The molecule has 112 valence electrons. The van der Waals surface area contributed by atoms with Crippen molar-refractivity contribution in [2.45, 2.75) is 6.54 Å². The van der Waals surface area contributed by atoms with Crippen molar-refractivity contribution in [1.29, 1.82) is 0 Å². The zero-order valence-electron chi connectivity index (χ0n) is 12.3. The number of ether oxygens (including phenoxy) is 2. The molecular weight excluding hydrogens is 288 g/mol. The van der Waals surface area contributed by atoms with Crippen molar-refractivity contribution in [1.82, 2.24) is 4.90 Å². The van der Waals surface area contributed by atoms with Gasteiger partial charge in [-0.1, -0.05) is 6.07 Å². The standard InChI is InChI=1S/C15H18N2O3S/c1-17(9-11-5-4-6-21-11)15(18)12-7-10(19-2)8-13(20-3)14(12)16/h4-8H,9,16H2,1-3H3. The average Bonchev–Trinajstić information content (AvgIpc) is 2.99. The summed E-state index contributed by atoms with van der Waals surface area (Å²) in [4.78, 5) is 15.3. The maximum Gasteiger partial charge on any atom is 0.256 e. The Morgan fingerprint density at radius 2 is 2.10 bits per heavy atom. The molecule has 0 saturated carbocycles. The van der Waals surface area contributed by atoms with E-state index in [-0.39, 0.29) is 5.91 Å². The minimum absolute atomic E-state index is 0.168. The minimum Gasteiger partial charge on any atom is -0.497 e. The molecule has 21 heavy (non-hydrogen) atoms. The molecule has 1 aromatic heterocycles. The molecule has 2 aromatic rings. The number of nitrogen functional groups attached to an aromatic ring is 1. The summed E-state index contributed by atoms with van der Waals surface area (Å²) < 4.78 is 10.4. The van der Waals surface area contributed by atoms with Gasteiger partial charge in [-0.05, 0) is 17.5 Å². The number of amides is 1. The van der Waals surface area contributed by atoms with E-state index in [1.807, 2.05) is 17.5 Å². The Kier molecular flexibility index (Phi) is 4.70. The van der Waals surface area contributed by atoms with Gasteiger partial charge in [-0.3, -0.25) is 4.79 Å². The maximum absolute atomic E-state index is 12.6. The molecule has 0 atom stereocenters. The number of nitrogens with two attached hydrogens (primary N) is 1. The third-order valence-electron chi connectivity index (χ3n) is 3.12. The van der Waals surface area contributed by atoms with Crippen LogP contribution in [0.4, 0.5) is 5.69 Å². The molecule has 6 heteroatoms. The predicted octanol–water partition coefficient (Wildman–Crippen LogP) is 2.62. The van der Waals surface area contributed by atoms with E-state index in [0.29, 0.717) is 29.3 Å². The van der Waals surface area contributed by atoms with Crippen molar-refractivity contribution in [2.75, 3.05) is 27.0 Å². The SMILES string of the molecule is COc1cc(OC)c(N)c(C(=O)N(C)Cc2cccs2)c1. The van der Waals surface area contributed by atoms with E-state index in [4.69, 9.17) is 15.2 Å². The lowest BCUT2D eigenvalue weighted by atomic mass is 10.1. The van der Waals surface area contributed by atoms with Crippen molar-refractivity contribution in [3.63, 3.8) is 0 Å². The summed E-state index contributed by atoms with van der Waals surface area (Å²) in [6, 6.07) is 7.24. The molecular formula is C15H18N2O3S. The number of rotatable bonds is 5. The molecule has 2 rings (SSSR count). The zero-order valence-corrected chi connectivity index (χ0v) is 13.1.